The Balaban J connectivity index is 0.00000264. The Hall–Kier alpha value is -0.850. The van der Waals surface area contributed by atoms with Crippen molar-refractivity contribution in [3.05, 3.63) is 35.9 Å². The van der Waals surface area contributed by atoms with Gasteiger partial charge in [0.05, 0.1) is 6.10 Å². The summed E-state index contributed by atoms with van der Waals surface area (Å²) in [6.45, 7) is 7.64. The average molecular weight is 378 g/mol. The Bertz CT molecular complexity index is 472. The molecule has 2 rings (SSSR count). The summed E-state index contributed by atoms with van der Waals surface area (Å²) in [4.78, 5) is 14.9. The molecular formula is C17H29Cl2N3O2. The number of carbonyl (C=O) groups excluding carboxylic acids is 1. The van der Waals surface area contributed by atoms with Crippen molar-refractivity contribution >= 4 is 30.7 Å². The molecule has 7 heteroatoms. The first-order valence-electron chi connectivity index (χ1n) is 8.12. The van der Waals surface area contributed by atoms with E-state index in [1.54, 1.807) is 0 Å². The maximum atomic E-state index is 12.7. The lowest BCUT2D eigenvalue weighted by Gasteiger charge is -2.29. The Kier molecular flexibility index (Phi) is 11.2. The summed E-state index contributed by atoms with van der Waals surface area (Å²) in [6, 6.07) is 9.60. The van der Waals surface area contributed by atoms with Gasteiger partial charge in [0.25, 0.3) is 0 Å². The predicted molar refractivity (Wildman–Crippen MR) is 102 cm³/mol. The Morgan fingerprint density at radius 1 is 1.25 bits per heavy atom. The van der Waals surface area contributed by atoms with Crippen LogP contribution in [0.3, 0.4) is 0 Å². The van der Waals surface area contributed by atoms with E-state index in [9.17, 15) is 9.90 Å². The molecule has 1 saturated heterocycles. The first kappa shape index (κ1) is 23.1. The molecule has 0 bridgehead atoms. The Morgan fingerprint density at radius 2 is 1.88 bits per heavy atom. The van der Waals surface area contributed by atoms with Crippen molar-refractivity contribution in [1.29, 1.82) is 0 Å². The lowest BCUT2D eigenvalue weighted by atomic mass is 10.0. The van der Waals surface area contributed by atoms with E-state index in [1.807, 2.05) is 30.3 Å². The van der Waals surface area contributed by atoms with Crippen LogP contribution in [0.2, 0.25) is 0 Å². The molecule has 1 fully saturated rings. The number of benzene rings is 1. The smallest absolute Gasteiger partial charge is 0.241 e. The van der Waals surface area contributed by atoms with Crippen molar-refractivity contribution in [3.63, 3.8) is 0 Å². The van der Waals surface area contributed by atoms with Crippen LogP contribution in [-0.2, 0) is 4.79 Å². The molecule has 1 aliphatic rings. The number of hydrogen-bond acceptors (Lipinski definition) is 4. The molecule has 1 heterocycles. The van der Waals surface area contributed by atoms with Gasteiger partial charge in [-0.25, -0.2) is 0 Å². The first-order chi connectivity index (χ1) is 10.7. The highest BCUT2D eigenvalue weighted by Gasteiger charge is 2.29. The van der Waals surface area contributed by atoms with E-state index in [2.05, 4.69) is 29.4 Å². The standard InChI is InChI=1S/C17H27N3O2.2ClH/c1-3-20(4-2)16(13-8-6-5-7-9-13)17(22)19-11-14-10-18-12-15(14)21;;/h5-9,14-16,18,21H,3-4,10-12H2,1-2H3,(H,19,22);2*1H. The number of β-amino-alcohol motifs (C(OH)–C–C–N with tert-alkyl or cyclic N) is 1. The summed E-state index contributed by atoms with van der Waals surface area (Å²) in [5.74, 6) is 0.103. The van der Waals surface area contributed by atoms with E-state index in [-0.39, 0.29) is 48.8 Å². The van der Waals surface area contributed by atoms with Gasteiger partial charge < -0.3 is 15.7 Å². The van der Waals surface area contributed by atoms with Crippen LogP contribution in [0.5, 0.6) is 0 Å². The number of halogens is 2. The molecule has 5 nitrogen and oxygen atoms in total. The van der Waals surface area contributed by atoms with Crippen molar-refractivity contribution in [2.24, 2.45) is 5.92 Å². The third-order valence-corrected chi connectivity index (χ3v) is 4.38. The lowest BCUT2D eigenvalue weighted by Crippen LogP contribution is -2.43. The van der Waals surface area contributed by atoms with E-state index in [0.717, 1.165) is 25.2 Å². The zero-order chi connectivity index (χ0) is 15.9. The highest BCUT2D eigenvalue weighted by atomic mass is 35.5. The molecule has 0 aromatic heterocycles. The van der Waals surface area contributed by atoms with Crippen LogP contribution in [0.25, 0.3) is 0 Å². The van der Waals surface area contributed by atoms with E-state index >= 15 is 0 Å². The molecule has 3 N–H and O–H groups in total. The van der Waals surface area contributed by atoms with Gasteiger partial charge in [-0.2, -0.15) is 0 Å². The van der Waals surface area contributed by atoms with Gasteiger partial charge in [0.2, 0.25) is 5.91 Å². The van der Waals surface area contributed by atoms with E-state index in [4.69, 9.17) is 0 Å². The molecule has 138 valence electrons. The van der Waals surface area contributed by atoms with Gasteiger partial charge in [-0.05, 0) is 18.7 Å². The molecule has 0 aliphatic carbocycles. The van der Waals surface area contributed by atoms with Gasteiger partial charge >= 0.3 is 0 Å². The fraction of sp³-hybridized carbons (Fsp3) is 0.588. The van der Waals surface area contributed by atoms with E-state index < -0.39 is 0 Å². The molecule has 0 spiro atoms. The molecule has 3 atom stereocenters. The van der Waals surface area contributed by atoms with Gasteiger partial charge in [0, 0.05) is 25.6 Å². The minimum absolute atomic E-state index is 0. The molecular weight excluding hydrogens is 349 g/mol. The van der Waals surface area contributed by atoms with Gasteiger partial charge in [0.1, 0.15) is 6.04 Å². The minimum Gasteiger partial charge on any atom is -0.391 e. The van der Waals surface area contributed by atoms with Crippen molar-refractivity contribution in [3.8, 4) is 0 Å². The van der Waals surface area contributed by atoms with Crippen LogP contribution in [0.4, 0.5) is 0 Å². The number of rotatable bonds is 7. The number of carbonyl (C=O) groups is 1. The predicted octanol–water partition coefficient (Wildman–Crippen LogP) is 1.61. The van der Waals surface area contributed by atoms with Gasteiger partial charge in [-0.1, -0.05) is 44.2 Å². The van der Waals surface area contributed by atoms with Crippen LogP contribution in [0.15, 0.2) is 30.3 Å². The van der Waals surface area contributed by atoms with Crippen LogP contribution in [-0.4, -0.2) is 54.7 Å². The lowest BCUT2D eigenvalue weighted by molar-refractivity contribution is -0.126. The van der Waals surface area contributed by atoms with Crippen LogP contribution in [0.1, 0.15) is 25.5 Å². The number of hydrogen-bond donors (Lipinski definition) is 3. The largest absolute Gasteiger partial charge is 0.391 e. The monoisotopic (exact) mass is 377 g/mol. The van der Waals surface area contributed by atoms with Crippen molar-refractivity contribution in [1.82, 2.24) is 15.5 Å². The third kappa shape index (κ3) is 5.90. The summed E-state index contributed by atoms with van der Waals surface area (Å²) < 4.78 is 0. The maximum absolute atomic E-state index is 12.7. The number of nitrogens with one attached hydrogen (secondary N) is 2. The molecule has 0 saturated carbocycles. The normalized spacial score (nSPS) is 20.8. The molecule has 3 unspecified atom stereocenters. The summed E-state index contributed by atoms with van der Waals surface area (Å²) >= 11 is 0. The summed E-state index contributed by atoms with van der Waals surface area (Å²) in [5.41, 5.74) is 1.01. The third-order valence-electron chi connectivity index (χ3n) is 4.38. The number of aliphatic hydroxyl groups excluding tert-OH is 1. The van der Waals surface area contributed by atoms with Gasteiger partial charge in [0.15, 0.2) is 0 Å². The SMILES string of the molecule is CCN(CC)C(C(=O)NCC1CNCC1O)c1ccccc1.Cl.Cl. The fourth-order valence-electron chi connectivity index (χ4n) is 3.01. The number of likely N-dealkylation sites (N-methyl/N-ethyl adjacent to an activating group) is 1. The first-order valence-corrected chi connectivity index (χ1v) is 8.12. The van der Waals surface area contributed by atoms with Crippen LogP contribution < -0.4 is 10.6 Å². The minimum atomic E-state index is -0.371. The summed E-state index contributed by atoms with van der Waals surface area (Å²) in [7, 11) is 0. The second kappa shape index (κ2) is 11.7. The quantitative estimate of drug-likeness (QED) is 0.675. The summed E-state index contributed by atoms with van der Waals surface area (Å²) in [5, 5.41) is 16.0. The van der Waals surface area contributed by atoms with E-state index in [1.165, 1.54) is 0 Å². The molecule has 1 aromatic rings. The average Bonchev–Trinajstić information content (AvgIpc) is 2.96. The van der Waals surface area contributed by atoms with E-state index in [0.29, 0.717) is 13.1 Å². The van der Waals surface area contributed by atoms with Crippen molar-refractivity contribution < 1.29 is 9.90 Å². The topological polar surface area (TPSA) is 64.6 Å². The van der Waals surface area contributed by atoms with Gasteiger partial charge in [-0.15, -0.1) is 24.8 Å². The second-order valence-corrected chi connectivity index (χ2v) is 5.77. The summed E-state index contributed by atoms with van der Waals surface area (Å²) in [6.07, 6.45) is -0.371. The highest BCUT2D eigenvalue weighted by molar-refractivity contribution is 5.85. The zero-order valence-electron chi connectivity index (χ0n) is 14.3. The number of aliphatic hydroxyl groups is 1. The van der Waals surface area contributed by atoms with Gasteiger partial charge in [-0.3, -0.25) is 9.69 Å². The highest BCUT2D eigenvalue weighted by Crippen LogP contribution is 2.21. The molecule has 1 amide bonds. The van der Waals surface area contributed by atoms with Crippen molar-refractivity contribution in [2.45, 2.75) is 26.0 Å². The Labute approximate surface area is 157 Å². The van der Waals surface area contributed by atoms with Crippen LogP contribution >= 0.6 is 24.8 Å². The zero-order valence-corrected chi connectivity index (χ0v) is 15.9. The molecule has 1 aromatic carbocycles. The molecule has 0 radical (unpaired) electrons. The fourth-order valence-corrected chi connectivity index (χ4v) is 3.01. The number of nitrogens with zero attached hydrogens (tertiary/aromatic N) is 1. The molecule has 1 aliphatic heterocycles. The van der Waals surface area contributed by atoms with Crippen LogP contribution in [0, 0.1) is 5.92 Å². The Morgan fingerprint density at radius 3 is 2.38 bits per heavy atom. The maximum Gasteiger partial charge on any atom is 0.241 e. The second-order valence-electron chi connectivity index (χ2n) is 5.77. The molecule has 24 heavy (non-hydrogen) atoms. The van der Waals surface area contributed by atoms with Crippen molar-refractivity contribution in [2.75, 3.05) is 32.7 Å². The number of amides is 1.